The van der Waals surface area contributed by atoms with Gasteiger partial charge in [0.25, 0.3) is 5.91 Å². The van der Waals surface area contributed by atoms with Crippen molar-refractivity contribution in [1.29, 1.82) is 0 Å². The Labute approximate surface area is 228 Å². The van der Waals surface area contributed by atoms with E-state index < -0.39 is 17.8 Å². The summed E-state index contributed by atoms with van der Waals surface area (Å²) in [7, 11) is 3.47. The smallest absolute Gasteiger partial charge is 0.368 e. The summed E-state index contributed by atoms with van der Waals surface area (Å²) in [5.74, 6) is -0.299. The average molecular weight is 552 g/mol. The molecule has 2 aromatic carbocycles. The molecule has 0 aliphatic carbocycles. The van der Waals surface area contributed by atoms with Crippen molar-refractivity contribution < 1.29 is 22.8 Å². The molecule has 5 rings (SSSR count). The predicted molar refractivity (Wildman–Crippen MR) is 148 cm³/mol. The minimum absolute atomic E-state index is 0.0412. The first-order valence-corrected chi connectivity index (χ1v) is 12.6. The van der Waals surface area contributed by atoms with E-state index in [9.17, 15) is 22.8 Å². The van der Waals surface area contributed by atoms with Crippen LogP contribution in [0.4, 0.5) is 35.0 Å². The number of aromatic nitrogens is 2. The van der Waals surface area contributed by atoms with E-state index in [0.717, 1.165) is 22.7 Å². The summed E-state index contributed by atoms with van der Waals surface area (Å²) >= 11 is 0. The van der Waals surface area contributed by atoms with Gasteiger partial charge in [-0.15, -0.1) is 0 Å². The van der Waals surface area contributed by atoms with E-state index in [4.69, 9.17) is 0 Å². The molecule has 9 nitrogen and oxygen atoms in total. The molecule has 1 saturated heterocycles. The van der Waals surface area contributed by atoms with Crippen LogP contribution in [0.1, 0.15) is 16.1 Å². The van der Waals surface area contributed by atoms with Crippen molar-refractivity contribution in [2.45, 2.75) is 6.18 Å². The highest BCUT2D eigenvalue weighted by atomic mass is 19.4. The number of hydrogen-bond donors (Lipinski definition) is 3. The second kappa shape index (κ2) is 10.9. The fourth-order valence-electron chi connectivity index (χ4n) is 4.72. The quantitative estimate of drug-likeness (QED) is 0.331. The maximum Gasteiger partial charge on any atom is 0.418 e. The van der Waals surface area contributed by atoms with Gasteiger partial charge in [-0.05, 0) is 61.6 Å². The zero-order chi connectivity index (χ0) is 28.4. The number of pyridine rings is 1. The van der Waals surface area contributed by atoms with Gasteiger partial charge in [-0.3, -0.25) is 9.78 Å². The molecule has 1 aliphatic rings. The second-order valence-corrected chi connectivity index (χ2v) is 9.54. The molecule has 0 bridgehead atoms. The lowest BCUT2D eigenvalue weighted by Gasteiger charge is -2.35. The Balaban J connectivity index is 1.31. The minimum atomic E-state index is -4.57. The number of benzene rings is 2. The lowest BCUT2D eigenvalue weighted by molar-refractivity contribution is -0.137. The highest BCUT2D eigenvalue weighted by Crippen LogP contribution is 2.38. The van der Waals surface area contributed by atoms with Gasteiger partial charge in [0.1, 0.15) is 5.69 Å². The number of piperazine rings is 1. The van der Waals surface area contributed by atoms with Crippen LogP contribution in [0.2, 0.25) is 0 Å². The molecule has 40 heavy (non-hydrogen) atoms. The third-order valence-corrected chi connectivity index (χ3v) is 6.83. The fraction of sp³-hybridized carbons (Fsp3) is 0.250. The molecule has 3 N–H and O–H groups in total. The van der Waals surface area contributed by atoms with Crippen LogP contribution in [0.3, 0.4) is 0 Å². The first-order valence-electron chi connectivity index (χ1n) is 12.6. The summed E-state index contributed by atoms with van der Waals surface area (Å²) in [4.78, 5) is 32.5. The third-order valence-electron chi connectivity index (χ3n) is 6.83. The van der Waals surface area contributed by atoms with Crippen LogP contribution in [0.25, 0.3) is 16.6 Å². The standard InChI is InChI=1S/C28H28F3N7O2/c1-32-26(39)23-17-21(7-9-33-23)38-10-8-18-15-19(3-5-24(18)38)34-27(40)35-20-4-6-25(22(16-20)28(29,30)31)37-13-11-36(2)12-14-37/h3-10,15-17H,11-14H2,1-2H3,(H,32,39)(H2,34,35,40). The number of halogens is 3. The van der Waals surface area contributed by atoms with Gasteiger partial charge in [-0.1, -0.05) is 0 Å². The maximum atomic E-state index is 13.9. The molecular formula is C28H28F3N7O2. The van der Waals surface area contributed by atoms with Crippen LogP contribution in [0.15, 0.2) is 67.0 Å². The van der Waals surface area contributed by atoms with E-state index in [1.54, 1.807) is 41.4 Å². The third kappa shape index (κ3) is 5.71. The van der Waals surface area contributed by atoms with Crippen LogP contribution >= 0.6 is 0 Å². The van der Waals surface area contributed by atoms with E-state index in [0.29, 0.717) is 31.9 Å². The van der Waals surface area contributed by atoms with Crippen molar-refractivity contribution in [3.63, 3.8) is 0 Å². The summed E-state index contributed by atoms with van der Waals surface area (Å²) in [6.07, 6.45) is -1.19. The normalized spacial score (nSPS) is 14.3. The number of rotatable bonds is 5. The fourth-order valence-corrected chi connectivity index (χ4v) is 4.72. The Morgan fingerprint density at radius 2 is 1.60 bits per heavy atom. The molecule has 4 aromatic rings. The zero-order valence-electron chi connectivity index (χ0n) is 21.9. The van der Waals surface area contributed by atoms with Crippen molar-refractivity contribution in [3.05, 3.63) is 78.2 Å². The van der Waals surface area contributed by atoms with E-state index >= 15 is 0 Å². The SMILES string of the molecule is CNC(=O)c1cc(-n2ccc3cc(NC(=O)Nc4ccc(N5CCN(C)CC5)c(C(F)(F)F)c4)ccc32)ccn1. The van der Waals surface area contributed by atoms with Gasteiger partial charge >= 0.3 is 12.2 Å². The number of urea groups is 1. The number of alkyl halides is 3. The summed E-state index contributed by atoms with van der Waals surface area (Å²) < 4.78 is 43.6. The van der Waals surface area contributed by atoms with E-state index in [-0.39, 0.29) is 23.0 Å². The van der Waals surface area contributed by atoms with Gasteiger partial charge in [0.15, 0.2) is 0 Å². The van der Waals surface area contributed by atoms with Gasteiger partial charge in [0.2, 0.25) is 0 Å². The van der Waals surface area contributed by atoms with Crippen LogP contribution in [-0.2, 0) is 6.18 Å². The summed E-state index contributed by atoms with van der Waals surface area (Å²) in [6.45, 7) is 2.33. The Kier molecular flexibility index (Phi) is 7.35. The molecule has 3 heterocycles. The molecule has 1 aliphatic heterocycles. The van der Waals surface area contributed by atoms with Crippen molar-refractivity contribution in [1.82, 2.24) is 19.8 Å². The summed E-state index contributed by atoms with van der Waals surface area (Å²) in [5.41, 5.74) is 1.68. The Bertz CT molecular complexity index is 1560. The highest BCUT2D eigenvalue weighted by Gasteiger charge is 2.36. The molecule has 0 unspecified atom stereocenters. The van der Waals surface area contributed by atoms with Gasteiger partial charge < -0.3 is 30.3 Å². The number of amides is 3. The number of nitrogens with zero attached hydrogens (tertiary/aromatic N) is 4. The lowest BCUT2D eigenvalue weighted by Crippen LogP contribution is -2.45. The molecule has 0 spiro atoms. The lowest BCUT2D eigenvalue weighted by atomic mass is 10.1. The molecule has 1 fully saturated rings. The Hall–Kier alpha value is -4.58. The number of carbonyl (C=O) groups excluding carboxylic acids is 2. The number of fused-ring (bicyclic) bond motifs is 1. The number of carbonyl (C=O) groups is 2. The van der Waals surface area contributed by atoms with Gasteiger partial charge in [-0.25, -0.2) is 4.79 Å². The van der Waals surface area contributed by atoms with Gasteiger partial charge in [0, 0.05) is 73.8 Å². The average Bonchev–Trinajstić information content (AvgIpc) is 3.36. The van der Waals surface area contributed by atoms with E-state index in [2.05, 4.69) is 25.8 Å². The number of nitrogens with one attached hydrogen (secondary N) is 3. The first-order chi connectivity index (χ1) is 19.1. The number of anilines is 3. The highest BCUT2D eigenvalue weighted by molar-refractivity contribution is 6.01. The molecule has 3 amide bonds. The Morgan fingerprint density at radius 1 is 0.900 bits per heavy atom. The predicted octanol–water partition coefficient (Wildman–Crippen LogP) is 4.80. The molecule has 12 heteroatoms. The van der Waals surface area contributed by atoms with Gasteiger partial charge in [-0.2, -0.15) is 13.2 Å². The van der Waals surface area contributed by atoms with Crippen LogP contribution in [0, 0.1) is 0 Å². The van der Waals surface area contributed by atoms with Crippen LogP contribution < -0.4 is 20.9 Å². The van der Waals surface area contributed by atoms with Crippen LogP contribution in [0.5, 0.6) is 0 Å². The number of likely N-dealkylation sites (N-methyl/N-ethyl adjacent to an activating group) is 1. The van der Waals surface area contributed by atoms with Crippen molar-refractivity contribution in [3.8, 4) is 5.69 Å². The summed E-state index contributed by atoms with van der Waals surface area (Å²) in [6, 6.07) is 13.7. The molecular weight excluding hydrogens is 523 g/mol. The largest absolute Gasteiger partial charge is 0.418 e. The molecule has 208 valence electrons. The summed E-state index contributed by atoms with van der Waals surface area (Å²) in [5, 5.41) is 8.56. The molecule has 0 atom stereocenters. The minimum Gasteiger partial charge on any atom is -0.368 e. The monoisotopic (exact) mass is 551 g/mol. The first kappa shape index (κ1) is 27.0. The van der Waals surface area contributed by atoms with Crippen molar-refractivity contribution in [2.24, 2.45) is 0 Å². The molecule has 0 radical (unpaired) electrons. The molecule has 0 saturated carbocycles. The topological polar surface area (TPSA) is 94.5 Å². The van der Waals surface area contributed by atoms with Crippen LogP contribution in [-0.4, -0.2) is 66.7 Å². The zero-order valence-corrected chi connectivity index (χ0v) is 21.9. The Morgan fingerprint density at radius 3 is 2.30 bits per heavy atom. The van der Waals surface area contributed by atoms with Gasteiger partial charge in [0.05, 0.1) is 11.1 Å². The van der Waals surface area contributed by atoms with E-state index in [1.165, 1.54) is 19.2 Å². The van der Waals surface area contributed by atoms with E-state index in [1.807, 2.05) is 23.9 Å². The van der Waals surface area contributed by atoms with Crippen molar-refractivity contribution in [2.75, 3.05) is 55.8 Å². The van der Waals surface area contributed by atoms with Crippen molar-refractivity contribution >= 4 is 39.9 Å². The second-order valence-electron chi connectivity index (χ2n) is 9.54. The maximum absolute atomic E-state index is 13.9. The number of hydrogen-bond acceptors (Lipinski definition) is 5. The molecule has 2 aromatic heterocycles.